The number of rotatable bonds is 3. The van der Waals surface area contributed by atoms with Gasteiger partial charge in [0.1, 0.15) is 11.0 Å². The summed E-state index contributed by atoms with van der Waals surface area (Å²) in [5.41, 5.74) is 3.35. The molecule has 1 aliphatic heterocycles. The molecule has 0 saturated carbocycles. The number of thiazole rings is 1. The number of carbonyl (C=O) groups excluding carboxylic acids is 1. The lowest BCUT2D eigenvalue weighted by Crippen LogP contribution is -2.30. The minimum atomic E-state index is -0.0285. The molecule has 0 spiro atoms. The summed E-state index contributed by atoms with van der Waals surface area (Å²) in [4.78, 5) is 19.0. The number of carbonyl (C=O) groups is 1. The van der Waals surface area contributed by atoms with Crippen LogP contribution in [0, 0.1) is 13.8 Å². The highest BCUT2D eigenvalue weighted by Crippen LogP contribution is 2.21. The SMILES string of the molecule is Cc1ccc(O[C@H]2CCN(C(=O)c3scnc3C)C2)nn1. The summed E-state index contributed by atoms with van der Waals surface area (Å²) in [6.07, 6.45) is 0.776. The second-order valence-electron chi connectivity index (χ2n) is 5.06. The van der Waals surface area contributed by atoms with Crippen LogP contribution in [0.2, 0.25) is 0 Å². The highest BCUT2D eigenvalue weighted by Gasteiger charge is 2.30. The predicted molar refractivity (Wildman–Crippen MR) is 78.6 cm³/mol. The number of nitrogens with zero attached hydrogens (tertiary/aromatic N) is 4. The van der Waals surface area contributed by atoms with Gasteiger partial charge in [0, 0.05) is 19.0 Å². The standard InChI is InChI=1S/C14H16N4O2S/c1-9-3-4-12(17-16-9)20-11-5-6-18(7-11)14(19)13-10(2)15-8-21-13/h3-4,8,11H,5-7H2,1-2H3/t11-/m0/s1. The van der Waals surface area contributed by atoms with Gasteiger partial charge in [-0.25, -0.2) is 4.98 Å². The van der Waals surface area contributed by atoms with Gasteiger partial charge in [0.05, 0.1) is 23.4 Å². The predicted octanol–water partition coefficient (Wildman–Crippen LogP) is 1.84. The lowest BCUT2D eigenvalue weighted by atomic mass is 10.3. The third-order valence-corrected chi connectivity index (χ3v) is 4.35. The summed E-state index contributed by atoms with van der Waals surface area (Å²) in [5.74, 6) is 0.546. The Hall–Kier alpha value is -2.02. The molecular weight excluding hydrogens is 288 g/mol. The van der Waals surface area contributed by atoms with Crippen molar-refractivity contribution in [1.29, 1.82) is 0 Å². The number of hydrogen-bond donors (Lipinski definition) is 0. The van der Waals surface area contributed by atoms with E-state index in [1.54, 1.807) is 11.6 Å². The zero-order valence-electron chi connectivity index (χ0n) is 11.9. The smallest absolute Gasteiger partial charge is 0.265 e. The summed E-state index contributed by atoms with van der Waals surface area (Å²) in [6.45, 7) is 5.01. The van der Waals surface area contributed by atoms with Crippen LogP contribution in [0.15, 0.2) is 17.6 Å². The molecule has 3 rings (SSSR count). The van der Waals surface area contributed by atoms with Crippen molar-refractivity contribution in [3.8, 4) is 5.88 Å². The normalized spacial score (nSPS) is 18.0. The Morgan fingerprint density at radius 1 is 1.38 bits per heavy atom. The van der Waals surface area contributed by atoms with Crippen molar-refractivity contribution in [1.82, 2.24) is 20.1 Å². The number of aryl methyl sites for hydroxylation is 2. The van der Waals surface area contributed by atoms with E-state index in [2.05, 4.69) is 15.2 Å². The first-order valence-corrected chi connectivity index (χ1v) is 7.68. The number of amides is 1. The molecule has 1 saturated heterocycles. The second kappa shape index (κ2) is 5.77. The maximum atomic E-state index is 12.4. The van der Waals surface area contributed by atoms with Crippen molar-refractivity contribution in [2.45, 2.75) is 26.4 Å². The van der Waals surface area contributed by atoms with Crippen molar-refractivity contribution in [2.75, 3.05) is 13.1 Å². The molecule has 7 heteroatoms. The highest BCUT2D eigenvalue weighted by molar-refractivity contribution is 7.11. The summed E-state index contributed by atoms with van der Waals surface area (Å²) < 4.78 is 5.78. The molecule has 3 heterocycles. The fourth-order valence-corrected chi connectivity index (χ4v) is 3.05. The summed E-state index contributed by atoms with van der Waals surface area (Å²) in [5, 5.41) is 7.96. The largest absolute Gasteiger partial charge is 0.471 e. The van der Waals surface area contributed by atoms with Crippen LogP contribution in [0.3, 0.4) is 0 Å². The third-order valence-electron chi connectivity index (χ3n) is 3.43. The van der Waals surface area contributed by atoms with Crippen LogP contribution in [0.5, 0.6) is 5.88 Å². The van der Waals surface area contributed by atoms with Gasteiger partial charge in [-0.1, -0.05) is 0 Å². The summed E-state index contributed by atoms with van der Waals surface area (Å²) in [6, 6.07) is 3.67. The maximum Gasteiger partial charge on any atom is 0.265 e. The van der Waals surface area contributed by atoms with Gasteiger partial charge < -0.3 is 9.64 Å². The Kier molecular flexibility index (Phi) is 3.83. The van der Waals surface area contributed by atoms with E-state index in [9.17, 15) is 4.79 Å². The molecule has 0 radical (unpaired) electrons. The van der Waals surface area contributed by atoms with Gasteiger partial charge in [-0.2, -0.15) is 5.10 Å². The zero-order valence-corrected chi connectivity index (χ0v) is 12.8. The topological polar surface area (TPSA) is 68.2 Å². The van der Waals surface area contributed by atoms with E-state index >= 15 is 0 Å². The first-order valence-electron chi connectivity index (χ1n) is 6.80. The second-order valence-corrected chi connectivity index (χ2v) is 5.91. The van der Waals surface area contributed by atoms with Crippen molar-refractivity contribution in [3.63, 3.8) is 0 Å². The molecule has 0 aliphatic carbocycles. The van der Waals surface area contributed by atoms with Gasteiger partial charge in [-0.05, 0) is 19.9 Å². The minimum Gasteiger partial charge on any atom is -0.471 e. The fourth-order valence-electron chi connectivity index (χ4n) is 2.28. The average molecular weight is 304 g/mol. The fraction of sp³-hybridized carbons (Fsp3) is 0.429. The Balaban J connectivity index is 1.62. The molecule has 1 amide bonds. The minimum absolute atomic E-state index is 0.0285. The number of hydrogen-bond acceptors (Lipinski definition) is 6. The van der Waals surface area contributed by atoms with Crippen LogP contribution in [0.25, 0.3) is 0 Å². The lowest BCUT2D eigenvalue weighted by molar-refractivity contribution is 0.0774. The third kappa shape index (κ3) is 3.02. The van der Waals surface area contributed by atoms with Crippen LogP contribution in [0.1, 0.15) is 27.5 Å². The van der Waals surface area contributed by atoms with Gasteiger partial charge in [0.25, 0.3) is 5.91 Å². The molecule has 1 aliphatic rings. The number of ether oxygens (including phenoxy) is 1. The summed E-state index contributed by atoms with van der Waals surface area (Å²) >= 11 is 1.39. The first-order chi connectivity index (χ1) is 10.1. The van der Waals surface area contributed by atoms with E-state index in [-0.39, 0.29) is 12.0 Å². The molecule has 6 nitrogen and oxygen atoms in total. The van der Waals surface area contributed by atoms with Crippen LogP contribution < -0.4 is 4.74 Å². The summed E-state index contributed by atoms with van der Waals surface area (Å²) in [7, 11) is 0. The van der Waals surface area contributed by atoms with Crippen LogP contribution >= 0.6 is 11.3 Å². The molecule has 2 aromatic heterocycles. The molecule has 2 aromatic rings. The Labute approximate surface area is 126 Å². The molecule has 0 N–H and O–H groups in total. The maximum absolute atomic E-state index is 12.4. The molecule has 1 atom stereocenters. The Morgan fingerprint density at radius 3 is 2.90 bits per heavy atom. The van der Waals surface area contributed by atoms with E-state index in [4.69, 9.17) is 4.74 Å². The van der Waals surface area contributed by atoms with Crippen molar-refractivity contribution in [3.05, 3.63) is 33.9 Å². The Bertz CT molecular complexity index is 641. The van der Waals surface area contributed by atoms with E-state index < -0.39 is 0 Å². The van der Waals surface area contributed by atoms with Gasteiger partial charge in [0.15, 0.2) is 0 Å². The molecular formula is C14H16N4O2S. The number of likely N-dealkylation sites (tertiary alicyclic amines) is 1. The van der Waals surface area contributed by atoms with Crippen LogP contribution in [-0.4, -0.2) is 45.2 Å². The molecule has 110 valence electrons. The van der Waals surface area contributed by atoms with Crippen molar-refractivity contribution < 1.29 is 9.53 Å². The van der Waals surface area contributed by atoms with Crippen LogP contribution in [-0.2, 0) is 0 Å². The molecule has 1 fully saturated rings. The molecule has 0 aromatic carbocycles. The monoisotopic (exact) mass is 304 g/mol. The Morgan fingerprint density at radius 2 is 2.24 bits per heavy atom. The average Bonchev–Trinajstić information content (AvgIpc) is 3.10. The van der Waals surface area contributed by atoms with E-state index in [1.165, 1.54) is 11.3 Å². The van der Waals surface area contributed by atoms with E-state index in [0.29, 0.717) is 23.8 Å². The van der Waals surface area contributed by atoms with Gasteiger partial charge >= 0.3 is 0 Å². The van der Waals surface area contributed by atoms with Crippen LogP contribution in [0.4, 0.5) is 0 Å². The zero-order chi connectivity index (χ0) is 14.8. The van der Waals surface area contributed by atoms with Crippen molar-refractivity contribution in [2.24, 2.45) is 0 Å². The lowest BCUT2D eigenvalue weighted by Gasteiger charge is -2.16. The molecule has 0 unspecified atom stereocenters. The quantitative estimate of drug-likeness (QED) is 0.865. The highest BCUT2D eigenvalue weighted by atomic mass is 32.1. The van der Waals surface area contributed by atoms with E-state index in [1.807, 2.05) is 24.8 Å². The van der Waals surface area contributed by atoms with Gasteiger partial charge in [-0.3, -0.25) is 4.79 Å². The van der Waals surface area contributed by atoms with Gasteiger partial charge in [-0.15, -0.1) is 16.4 Å². The molecule has 0 bridgehead atoms. The number of aromatic nitrogens is 3. The van der Waals surface area contributed by atoms with Crippen molar-refractivity contribution >= 4 is 17.2 Å². The van der Waals surface area contributed by atoms with E-state index in [0.717, 1.165) is 17.8 Å². The first kappa shape index (κ1) is 13.9. The van der Waals surface area contributed by atoms with Gasteiger partial charge in [0.2, 0.25) is 5.88 Å². The molecule has 21 heavy (non-hydrogen) atoms.